The second kappa shape index (κ2) is 7.66. The van der Waals surface area contributed by atoms with E-state index in [1.165, 1.54) is 25.7 Å². The van der Waals surface area contributed by atoms with Crippen LogP contribution in [0.25, 0.3) is 0 Å². The standard InChI is InChI=1S/C15H15ClN2O5/c1-22-13-3-2-10(6-11(13)16)18-15(21)14(20)17-7-12(19)9-4-5-23-8-9/h2-6,8,12,19H,7H2,1H3,(H,17,20)(H,18,21). The van der Waals surface area contributed by atoms with E-state index in [1.807, 2.05) is 0 Å². The van der Waals surface area contributed by atoms with Crippen molar-refractivity contribution in [3.63, 3.8) is 0 Å². The summed E-state index contributed by atoms with van der Waals surface area (Å²) in [6.07, 6.45) is 1.80. The predicted octanol–water partition coefficient (Wildman–Crippen LogP) is 1.73. The molecule has 1 heterocycles. The lowest BCUT2D eigenvalue weighted by atomic mass is 10.2. The number of hydrogen-bond acceptors (Lipinski definition) is 5. The van der Waals surface area contributed by atoms with Gasteiger partial charge in [0.1, 0.15) is 5.75 Å². The van der Waals surface area contributed by atoms with Crippen molar-refractivity contribution >= 4 is 29.1 Å². The zero-order chi connectivity index (χ0) is 16.8. The van der Waals surface area contributed by atoms with Crippen molar-refractivity contribution in [1.82, 2.24) is 5.32 Å². The summed E-state index contributed by atoms with van der Waals surface area (Å²) in [5, 5.41) is 14.8. The van der Waals surface area contributed by atoms with Crippen molar-refractivity contribution in [3.05, 3.63) is 47.4 Å². The Hall–Kier alpha value is -2.51. The van der Waals surface area contributed by atoms with Gasteiger partial charge in [0.25, 0.3) is 0 Å². The van der Waals surface area contributed by atoms with Crippen molar-refractivity contribution in [2.24, 2.45) is 0 Å². The van der Waals surface area contributed by atoms with Gasteiger partial charge in [0, 0.05) is 17.8 Å². The summed E-state index contributed by atoms with van der Waals surface area (Å²) in [7, 11) is 1.47. The molecule has 2 aromatic rings. The Labute approximate surface area is 137 Å². The summed E-state index contributed by atoms with van der Waals surface area (Å²) < 4.78 is 9.82. The normalized spacial score (nSPS) is 11.6. The summed E-state index contributed by atoms with van der Waals surface area (Å²) in [5.41, 5.74) is 0.860. The molecule has 2 rings (SSSR count). The van der Waals surface area contributed by atoms with Gasteiger partial charge in [-0.25, -0.2) is 0 Å². The molecule has 0 radical (unpaired) electrons. The van der Waals surface area contributed by atoms with E-state index in [2.05, 4.69) is 10.6 Å². The van der Waals surface area contributed by atoms with Crippen molar-refractivity contribution in [1.29, 1.82) is 0 Å². The number of carbonyl (C=O) groups is 2. The number of hydrogen-bond donors (Lipinski definition) is 3. The minimum Gasteiger partial charge on any atom is -0.495 e. The zero-order valence-electron chi connectivity index (χ0n) is 12.2. The first kappa shape index (κ1) is 16.9. The van der Waals surface area contributed by atoms with E-state index >= 15 is 0 Å². The van der Waals surface area contributed by atoms with Crippen LogP contribution in [0.15, 0.2) is 41.2 Å². The molecule has 2 amide bonds. The van der Waals surface area contributed by atoms with Gasteiger partial charge in [-0.05, 0) is 24.3 Å². The fraction of sp³-hybridized carbons (Fsp3) is 0.200. The molecule has 1 unspecified atom stereocenters. The van der Waals surface area contributed by atoms with Crippen molar-refractivity contribution in [3.8, 4) is 5.75 Å². The maximum absolute atomic E-state index is 11.8. The van der Waals surface area contributed by atoms with Crippen LogP contribution in [-0.4, -0.2) is 30.6 Å². The first-order valence-corrected chi connectivity index (χ1v) is 7.02. The summed E-state index contributed by atoms with van der Waals surface area (Å²) in [6, 6.07) is 6.15. The van der Waals surface area contributed by atoms with Crippen LogP contribution in [0.5, 0.6) is 5.75 Å². The summed E-state index contributed by atoms with van der Waals surface area (Å²) in [5.74, 6) is -1.29. The number of carbonyl (C=O) groups excluding carboxylic acids is 2. The second-order valence-electron chi connectivity index (χ2n) is 4.59. The van der Waals surface area contributed by atoms with Crippen LogP contribution >= 0.6 is 11.6 Å². The molecule has 23 heavy (non-hydrogen) atoms. The molecule has 1 atom stereocenters. The molecular formula is C15H15ClN2O5. The lowest BCUT2D eigenvalue weighted by molar-refractivity contribution is -0.136. The largest absolute Gasteiger partial charge is 0.495 e. The Morgan fingerprint density at radius 3 is 2.74 bits per heavy atom. The third-order valence-corrected chi connectivity index (χ3v) is 3.30. The Bertz CT molecular complexity index is 687. The molecule has 0 saturated carbocycles. The molecule has 1 aromatic carbocycles. The molecule has 0 aliphatic heterocycles. The van der Waals surface area contributed by atoms with Gasteiger partial charge in [0.2, 0.25) is 0 Å². The molecule has 3 N–H and O–H groups in total. The molecule has 0 bridgehead atoms. The van der Waals surface area contributed by atoms with Gasteiger partial charge >= 0.3 is 11.8 Å². The van der Waals surface area contributed by atoms with Crippen LogP contribution in [0, 0.1) is 0 Å². The SMILES string of the molecule is COc1ccc(NC(=O)C(=O)NCC(O)c2ccoc2)cc1Cl. The van der Waals surface area contributed by atoms with Gasteiger partial charge in [0.15, 0.2) is 0 Å². The number of furan rings is 1. The number of methoxy groups -OCH3 is 1. The van der Waals surface area contributed by atoms with Crippen LogP contribution in [0.4, 0.5) is 5.69 Å². The van der Waals surface area contributed by atoms with E-state index in [1.54, 1.807) is 18.2 Å². The van der Waals surface area contributed by atoms with Gasteiger partial charge in [-0.3, -0.25) is 9.59 Å². The lowest BCUT2D eigenvalue weighted by Crippen LogP contribution is -2.37. The van der Waals surface area contributed by atoms with Crippen molar-refractivity contribution < 1.29 is 23.8 Å². The third-order valence-electron chi connectivity index (χ3n) is 3.00. The molecule has 8 heteroatoms. The quantitative estimate of drug-likeness (QED) is 0.721. The van der Waals surface area contributed by atoms with Crippen LogP contribution in [-0.2, 0) is 9.59 Å². The van der Waals surface area contributed by atoms with Gasteiger partial charge in [0.05, 0.1) is 30.8 Å². The van der Waals surface area contributed by atoms with E-state index in [0.29, 0.717) is 22.0 Å². The molecule has 1 aromatic heterocycles. The van der Waals surface area contributed by atoms with E-state index in [0.717, 1.165) is 0 Å². The number of amides is 2. The maximum atomic E-state index is 11.8. The molecule has 0 saturated heterocycles. The highest BCUT2D eigenvalue weighted by Crippen LogP contribution is 2.27. The third kappa shape index (κ3) is 4.48. The molecule has 0 aliphatic rings. The number of ether oxygens (including phenoxy) is 1. The average molecular weight is 339 g/mol. The van der Waals surface area contributed by atoms with Crippen LogP contribution in [0.3, 0.4) is 0 Å². The monoisotopic (exact) mass is 338 g/mol. The first-order valence-electron chi connectivity index (χ1n) is 6.64. The van der Waals surface area contributed by atoms with Gasteiger partial charge in [-0.1, -0.05) is 11.6 Å². The van der Waals surface area contributed by atoms with Crippen molar-refractivity contribution in [2.45, 2.75) is 6.10 Å². The first-order chi connectivity index (χ1) is 11.0. The molecule has 0 fully saturated rings. The van der Waals surface area contributed by atoms with E-state index in [4.69, 9.17) is 20.8 Å². The minimum atomic E-state index is -0.957. The van der Waals surface area contributed by atoms with Gasteiger partial charge in [-0.15, -0.1) is 0 Å². The number of nitrogens with one attached hydrogen (secondary N) is 2. The molecule has 0 spiro atoms. The van der Waals surface area contributed by atoms with Gasteiger partial charge < -0.3 is 24.9 Å². The number of rotatable bonds is 5. The molecule has 122 valence electrons. The lowest BCUT2D eigenvalue weighted by Gasteiger charge is -2.11. The Morgan fingerprint density at radius 1 is 1.35 bits per heavy atom. The second-order valence-corrected chi connectivity index (χ2v) is 4.99. The Balaban J connectivity index is 1.87. The summed E-state index contributed by atoms with van der Waals surface area (Å²) in [6.45, 7) is -0.116. The molecular weight excluding hydrogens is 324 g/mol. The van der Waals surface area contributed by atoms with Gasteiger partial charge in [-0.2, -0.15) is 0 Å². The number of anilines is 1. The maximum Gasteiger partial charge on any atom is 0.313 e. The smallest absolute Gasteiger partial charge is 0.313 e. The average Bonchev–Trinajstić information content (AvgIpc) is 3.07. The molecule has 0 aliphatic carbocycles. The fourth-order valence-corrected chi connectivity index (χ4v) is 2.04. The summed E-state index contributed by atoms with van der Waals surface area (Å²) in [4.78, 5) is 23.5. The zero-order valence-corrected chi connectivity index (χ0v) is 13.0. The van der Waals surface area contributed by atoms with Crippen LogP contribution in [0.2, 0.25) is 5.02 Å². The van der Waals surface area contributed by atoms with E-state index < -0.39 is 17.9 Å². The Morgan fingerprint density at radius 2 is 2.13 bits per heavy atom. The predicted molar refractivity (Wildman–Crippen MR) is 83.3 cm³/mol. The molecule has 7 nitrogen and oxygen atoms in total. The van der Waals surface area contributed by atoms with Crippen LogP contribution < -0.4 is 15.4 Å². The number of aliphatic hydroxyl groups excluding tert-OH is 1. The highest BCUT2D eigenvalue weighted by atomic mass is 35.5. The number of halogens is 1. The van der Waals surface area contributed by atoms with Crippen LogP contribution in [0.1, 0.15) is 11.7 Å². The number of aliphatic hydroxyl groups is 1. The fourth-order valence-electron chi connectivity index (χ4n) is 1.78. The topological polar surface area (TPSA) is 101 Å². The Kier molecular flexibility index (Phi) is 5.61. The highest BCUT2D eigenvalue weighted by molar-refractivity contribution is 6.40. The van der Waals surface area contributed by atoms with Crippen molar-refractivity contribution in [2.75, 3.05) is 19.0 Å². The van der Waals surface area contributed by atoms with E-state index in [9.17, 15) is 14.7 Å². The number of benzene rings is 1. The highest BCUT2D eigenvalue weighted by Gasteiger charge is 2.17. The summed E-state index contributed by atoms with van der Waals surface area (Å²) >= 11 is 5.93. The minimum absolute atomic E-state index is 0.116. The van der Waals surface area contributed by atoms with E-state index in [-0.39, 0.29) is 6.54 Å².